The minimum absolute atomic E-state index is 0.0561. The van der Waals surface area contributed by atoms with E-state index in [0.29, 0.717) is 13.0 Å². The highest BCUT2D eigenvalue weighted by Crippen LogP contribution is 2.21. The number of nitrogens with zero attached hydrogens (tertiary/aromatic N) is 1. The molecule has 2 rings (SSSR count). The van der Waals surface area contributed by atoms with E-state index in [-0.39, 0.29) is 19.3 Å². The lowest BCUT2D eigenvalue weighted by atomic mass is 10.2. The molecule has 1 N–H and O–H groups in total. The van der Waals surface area contributed by atoms with Crippen LogP contribution < -0.4 is 0 Å². The summed E-state index contributed by atoms with van der Waals surface area (Å²) in [6, 6.07) is 9.33. The van der Waals surface area contributed by atoms with Crippen molar-refractivity contribution in [2.45, 2.75) is 19.1 Å². The van der Waals surface area contributed by atoms with E-state index in [1.54, 1.807) is 0 Å². The highest BCUT2D eigenvalue weighted by molar-refractivity contribution is 5.69. The van der Waals surface area contributed by atoms with Crippen molar-refractivity contribution in [3.63, 3.8) is 0 Å². The van der Waals surface area contributed by atoms with Gasteiger partial charge in [-0.1, -0.05) is 42.5 Å². The number of carbonyl (C=O) groups excluding carboxylic acids is 1. The largest absolute Gasteiger partial charge is 0.445 e. The number of carbonyl (C=O) groups is 1. The first-order chi connectivity index (χ1) is 8.70. The summed E-state index contributed by atoms with van der Waals surface area (Å²) < 4.78 is 5.23. The third kappa shape index (κ3) is 2.90. The number of aliphatic hydroxyl groups is 1. The van der Waals surface area contributed by atoms with Crippen LogP contribution in [0.5, 0.6) is 0 Å². The van der Waals surface area contributed by atoms with E-state index in [1.165, 1.54) is 4.90 Å². The molecule has 4 nitrogen and oxygen atoms in total. The van der Waals surface area contributed by atoms with Gasteiger partial charge in [0.25, 0.3) is 0 Å². The molecule has 1 aliphatic rings. The summed E-state index contributed by atoms with van der Waals surface area (Å²) in [5.74, 6) is 0. The maximum atomic E-state index is 11.9. The average Bonchev–Trinajstić information content (AvgIpc) is 2.78. The van der Waals surface area contributed by atoms with Gasteiger partial charge < -0.3 is 9.84 Å². The molecule has 0 saturated carbocycles. The smallest absolute Gasteiger partial charge is 0.410 e. The number of benzene rings is 1. The normalized spacial score (nSPS) is 19.1. The van der Waals surface area contributed by atoms with Gasteiger partial charge in [0, 0.05) is 6.54 Å². The Morgan fingerprint density at radius 1 is 1.44 bits per heavy atom. The third-order valence-electron chi connectivity index (χ3n) is 3.01. The Labute approximate surface area is 106 Å². The number of rotatable bonds is 3. The molecular formula is C14H17NO3. The molecule has 1 fully saturated rings. The van der Waals surface area contributed by atoms with Crippen LogP contribution in [0.3, 0.4) is 0 Å². The number of amides is 1. The van der Waals surface area contributed by atoms with Gasteiger partial charge in [-0.05, 0) is 12.0 Å². The first kappa shape index (κ1) is 12.6. The van der Waals surface area contributed by atoms with Crippen LogP contribution in [-0.2, 0) is 11.3 Å². The van der Waals surface area contributed by atoms with Crippen LogP contribution >= 0.6 is 0 Å². The van der Waals surface area contributed by atoms with E-state index < -0.39 is 6.09 Å². The molecule has 0 aliphatic carbocycles. The molecule has 0 unspecified atom stereocenters. The molecule has 1 heterocycles. The Kier molecular flexibility index (Phi) is 3.99. The lowest BCUT2D eigenvalue weighted by Gasteiger charge is -2.21. The van der Waals surface area contributed by atoms with Gasteiger partial charge in [-0.15, -0.1) is 0 Å². The summed E-state index contributed by atoms with van der Waals surface area (Å²) in [5, 5.41) is 9.20. The van der Waals surface area contributed by atoms with Gasteiger partial charge in [0.05, 0.1) is 12.6 Å². The minimum atomic E-state index is -0.392. The zero-order valence-corrected chi connectivity index (χ0v) is 10.2. The van der Waals surface area contributed by atoms with Crippen molar-refractivity contribution in [1.82, 2.24) is 4.90 Å². The Morgan fingerprint density at radius 2 is 2.17 bits per heavy atom. The Balaban J connectivity index is 1.90. The van der Waals surface area contributed by atoms with Gasteiger partial charge >= 0.3 is 6.09 Å². The van der Waals surface area contributed by atoms with E-state index in [2.05, 4.69) is 6.58 Å². The van der Waals surface area contributed by atoms with Gasteiger partial charge in [0.1, 0.15) is 6.61 Å². The quantitative estimate of drug-likeness (QED) is 0.830. The molecule has 1 aromatic rings. The van der Waals surface area contributed by atoms with Gasteiger partial charge in [-0.3, -0.25) is 4.90 Å². The standard InChI is InChI=1S/C14H17NO3/c1-11-7-13(9-16)15(8-11)14(17)18-10-12-5-3-2-4-6-12/h2-6,13,16H,1,7-10H2/t13-/m0/s1. The van der Waals surface area contributed by atoms with Crippen molar-refractivity contribution in [1.29, 1.82) is 0 Å². The predicted molar refractivity (Wildman–Crippen MR) is 68.0 cm³/mol. The summed E-state index contributed by atoms with van der Waals surface area (Å²) in [6.45, 7) is 4.51. The molecule has 0 spiro atoms. The molecule has 4 heteroatoms. The van der Waals surface area contributed by atoms with Crippen LogP contribution in [0, 0.1) is 0 Å². The molecule has 1 aromatic carbocycles. The van der Waals surface area contributed by atoms with E-state index in [9.17, 15) is 9.90 Å². The first-order valence-electron chi connectivity index (χ1n) is 5.95. The van der Waals surface area contributed by atoms with Gasteiger partial charge in [0.15, 0.2) is 0 Å². The average molecular weight is 247 g/mol. The van der Waals surface area contributed by atoms with E-state index in [4.69, 9.17) is 4.74 Å². The summed E-state index contributed by atoms with van der Waals surface area (Å²) in [6.07, 6.45) is 0.258. The molecule has 96 valence electrons. The second-order valence-corrected chi connectivity index (χ2v) is 4.46. The van der Waals surface area contributed by atoms with E-state index in [0.717, 1.165) is 11.1 Å². The fourth-order valence-electron chi connectivity index (χ4n) is 2.06. The Morgan fingerprint density at radius 3 is 2.83 bits per heavy atom. The topological polar surface area (TPSA) is 49.8 Å². The lowest BCUT2D eigenvalue weighted by Crippen LogP contribution is -2.37. The Bertz CT molecular complexity index is 430. The van der Waals surface area contributed by atoms with Crippen LogP contribution in [0.4, 0.5) is 4.79 Å². The van der Waals surface area contributed by atoms with Crippen LogP contribution in [0.15, 0.2) is 42.5 Å². The molecule has 18 heavy (non-hydrogen) atoms. The van der Waals surface area contributed by atoms with E-state index in [1.807, 2.05) is 30.3 Å². The predicted octanol–water partition coefficient (Wildman–Crippen LogP) is 1.95. The van der Waals surface area contributed by atoms with Gasteiger partial charge in [-0.2, -0.15) is 0 Å². The number of ether oxygens (including phenoxy) is 1. The fourth-order valence-corrected chi connectivity index (χ4v) is 2.06. The molecule has 0 bridgehead atoms. The molecule has 1 saturated heterocycles. The number of likely N-dealkylation sites (tertiary alicyclic amines) is 1. The third-order valence-corrected chi connectivity index (χ3v) is 3.01. The summed E-state index contributed by atoms with van der Waals surface area (Å²) >= 11 is 0. The van der Waals surface area contributed by atoms with Crippen molar-refractivity contribution >= 4 is 6.09 Å². The van der Waals surface area contributed by atoms with Crippen LogP contribution in [0.2, 0.25) is 0 Å². The molecule has 1 aliphatic heterocycles. The SMILES string of the molecule is C=C1C[C@@H](CO)N(C(=O)OCc2ccccc2)C1. The molecular weight excluding hydrogens is 230 g/mol. The highest BCUT2D eigenvalue weighted by atomic mass is 16.6. The summed E-state index contributed by atoms with van der Waals surface area (Å²) in [4.78, 5) is 13.4. The van der Waals surface area contributed by atoms with E-state index >= 15 is 0 Å². The van der Waals surface area contributed by atoms with Crippen LogP contribution in [-0.4, -0.2) is 35.3 Å². The van der Waals surface area contributed by atoms with Crippen molar-refractivity contribution in [3.05, 3.63) is 48.0 Å². The zero-order valence-electron chi connectivity index (χ0n) is 10.2. The summed E-state index contributed by atoms with van der Waals surface area (Å²) in [5.41, 5.74) is 1.90. The maximum absolute atomic E-state index is 11.9. The Hall–Kier alpha value is -1.81. The second kappa shape index (κ2) is 5.69. The van der Waals surface area contributed by atoms with Gasteiger partial charge in [-0.25, -0.2) is 4.79 Å². The summed E-state index contributed by atoms with van der Waals surface area (Å²) in [7, 11) is 0. The lowest BCUT2D eigenvalue weighted by molar-refractivity contribution is 0.0798. The maximum Gasteiger partial charge on any atom is 0.410 e. The number of hydrogen-bond donors (Lipinski definition) is 1. The van der Waals surface area contributed by atoms with Crippen LogP contribution in [0.25, 0.3) is 0 Å². The van der Waals surface area contributed by atoms with Crippen molar-refractivity contribution in [3.8, 4) is 0 Å². The van der Waals surface area contributed by atoms with Gasteiger partial charge in [0.2, 0.25) is 0 Å². The zero-order chi connectivity index (χ0) is 13.0. The number of aliphatic hydroxyl groups excluding tert-OH is 1. The van der Waals surface area contributed by atoms with Crippen LogP contribution in [0.1, 0.15) is 12.0 Å². The van der Waals surface area contributed by atoms with Crippen molar-refractivity contribution in [2.24, 2.45) is 0 Å². The monoisotopic (exact) mass is 247 g/mol. The molecule has 0 radical (unpaired) electrons. The highest BCUT2D eigenvalue weighted by Gasteiger charge is 2.31. The minimum Gasteiger partial charge on any atom is -0.445 e. The molecule has 1 amide bonds. The molecule has 1 atom stereocenters. The number of hydrogen-bond acceptors (Lipinski definition) is 3. The second-order valence-electron chi connectivity index (χ2n) is 4.46. The van der Waals surface area contributed by atoms with Crippen molar-refractivity contribution in [2.75, 3.05) is 13.2 Å². The fraction of sp³-hybridized carbons (Fsp3) is 0.357. The molecule has 0 aromatic heterocycles. The van der Waals surface area contributed by atoms with Crippen molar-refractivity contribution < 1.29 is 14.6 Å². The first-order valence-corrected chi connectivity index (χ1v) is 5.95.